The van der Waals surface area contributed by atoms with E-state index in [1.165, 1.54) is 19.3 Å². The summed E-state index contributed by atoms with van der Waals surface area (Å²) in [5.74, 6) is 3.79. The van der Waals surface area contributed by atoms with Crippen LogP contribution >= 0.6 is 11.8 Å². The Labute approximate surface area is 206 Å². The molecule has 0 N–H and O–H groups in total. The van der Waals surface area contributed by atoms with Crippen molar-refractivity contribution >= 4 is 17.5 Å². The number of aromatic nitrogens is 3. The molecule has 1 saturated carbocycles. The SMILES string of the molecule is CCOc1ccc(C(C)=O)cc1CSc1nnc(-c2ccc(OC)cc2)n1[C@H]1CCCC[C@@H]1C. The summed E-state index contributed by atoms with van der Waals surface area (Å²) in [7, 11) is 1.67. The van der Waals surface area contributed by atoms with Crippen LogP contribution in [0.1, 0.15) is 68.4 Å². The third-order valence-corrected chi connectivity index (χ3v) is 7.53. The van der Waals surface area contributed by atoms with Gasteiger partial charge in [-0.15, -0.1) is 10.2 Å². The third-order valence-electron chi connectivity index (χ3n) is 6.53. The second-order valence-corrected chi connectivity index (χ2v) is 9.78. The van der Waals surface area contributed by atoms with Gasteiger partial charge in [0.25, 0.3) is 0 Å². The lowest BCUT2D eigenvalue weighted by Gasteiger charge is -2.31. The molecular weight excluding hydrogens is 446 g/mol. The number of Topliss-reactive ketones (excluding diaryl/α,β-unsaturated/α-hetero) is 1. The lowest BCUT2D eigenvalue weighted by molar-refractivity contribution is 0.101. The normalized spacial score (nSPS) is 18.0. The molecule has 0 amide bonds. The van der Waals surface area contributed by atoms with Crippen molar-refractivity contribution in [2.45, 2.75) is 63.4 Å². The van der Waals surface area contributed by atoms with Crippen LogP contribution < -0.4 is 9.47 Å². The molecule has 1 aliphatic rings. The van der Waals surface area contributed by atoms with Crippen LogP contribution in [0.3, 0.4) is 0 Å². The van der Waals surface area contributed by atoms with Gasteiger partial charge in [-0.3, -0.25) is 9.36 Å². The molecule has 4 rings (SSSR count). The Balaban J connectivity index is 1.69. The van der Waals surface area contributed by atoms with Gasteiger partial charge in [-0.25, -0.2) is 0 Å². The van der Waals surface area contributed by atoms with E-state index in [0.717, 1.165) is 40.0 Å². The summed E-state index contributed by atoms with van der Waals surface area (Å²) in [6, 6.07) is 14.0. The Morgan fingerprint density at radius 1 is 1.12 bits per heavy atom. The summed E-state index contributed by atoms with van der Waals surface area (Å²) in [4.78, 5) is 12.0. The molecule has 1 aliphatic carbocycles. The van der Waals surface area contributed by atoms with Crippen molar-refractivity contribution in [3.8, 4) is 22.9 Å². The van der Waals surface area contributed by atoms with E-state index in [9.17, 15) is 4.79 Å². The van der Waals surface area contributed by atoms with E-state index in [0.29, 0.717) is 29.9 Å². The highest BCUT2D eigenvalue weighted by atomic mass is 32.2. The van der Waals surface area contributed by atoms with Gasteiger partial charge in [-0.1, -0.05) is 31.5 Å². The zero-order valence-electron chi connectivity index (χ0n) is 20.4. The molecule has 0 spiro atoms. The van der Waals surface area contributed by atoms with Crippen LogP contribution in [0.4, 0.5) is 0 Å². The largest absolute Gasteiger partial charge is 0.497 e. The van der Waals surface area contributed by atoms with Crippen molar-refractivity contribution in [3.05, 3.63) is 53.6 Å². The lowest BCUT2D eigenvalue weighted by Crippen LogP contribution is -2.22. The number of rotatable bonds is 9. The molecular formula is C27H33N3O3S. The van der Waals surface area contributed by atoms with Crippen molar-refractivity contribution in [2.24, 2.45) is 5.92 Å². The van der Waals surface area contributed by atoms with Crippen molar-refractivity contribution in [1.29, 1.82) is 0 Å². The molecule has 0 bridgehead atoms. The van der Waals surface area contributed by atoms with Gasteiger partial charge >= 0.3 is 0 Å². The molecule has 1 fully saturated rings. The molecule has 2 aromatic carbocycles. The van der Waals surface area contributed by atoms with E-state index >= 15 is 0 Å². The van der Waals surface area contributed by atoms with Crippen LogP contribution in [0.5, 0.6) is 11.5 Å². The second-order valence-electron chi connectivity index (χ2n) is 8.83. The minimum absolute atomic E-state index is 0.0512. The monoisotopic (exact) mass is 479 g/mol. The highest BCUT2D eigenvalue weighted by Crippen LogP contribution is 2.40. The minimum Gasteiger partial charge on any atom is -0.497 e. The van der Waals surface area contributed by atoms with Crippen molar-refractivity contribution in [1.82, 2.24) is 14.8 Å². The molecule has 6 nitrogen and oxygen atoms in total. The first-order valence-corrected chi connectivity index (χ1v) is 13.0. The number of ether oxygens (including phenoxy) is 2. The molecule has 0 aliphatic heterocycles. The van der Waals surface area contributed by atoms with Gasteiger partial charge in [-0.05, 0) is 75.1 Å². The Bertz CT molecular complexity index is 1130. The Kier molecular flexibility index (Phi) is 7.93. The van der Waals surface area contributed by atoms with Crippen molar-refractivity contribution < 1.29 is 14.3 Å². The summed E-state index contributed by atoms with van der Waals surface area (Å²) in [6.07, 6.45) is 4.83. The Morgan fingerprint density at radius 2 is 1.88 bits per heavy atom. The third kappa shape index (κ3) is 5.30. The fourth-order valence-electron chi connectivity index (χ4n) is 4.64. The number of hydrogen-bond donors (Lipinski definition) is 0. The number of methoxy groups -OCH3 is 1. The average molecular weight is 480 g/mol. The van der Waals surface area contributed by atoms with E-state index in [4.69, 9.17) is 9.47 Å². The predicted octanol–water partition coefficient (Wildman–Crippen LogP) is 6.60. The fraction of sp³-hybridized carbons (Fsp3) is 0.444. The molecule has 0 radical (unpaired) electrons. The topological polar surface area (TPSA) is 66.2 Å². The molecule has 0 saturated heterocycles. The van der Waals surface area contributed by atoms with E-state index in [-0.39, 0.29) is 5.78 Å². The minimum atomic E-state index is 0.0512. The highest BCUT2D eigenvalue weighted by molar-refractivity contribution is 7.98. The van der Waals surface area contributed by atoms with Crippen molar-refractivity contribution in [3.63, 3.8) is 0 Å². The summed E-state index contributed by atoms with van der Waals surface area (Å²) in [5, 5.41) is 10.2. The second kappa shape index (κ2) is 11.1. The first kappa shape index (κ1) is 24.3. The van der Waals surface area contributed by atoms with Crippen LogP contribution in [0.25, 0.3) is 11.4 Å². The summed E-state index contributed by atoms with van der Waals surface area (Å²) in [5.41, 5.74) is 2.73. The molecule has 1 aromatic heterocycles. The van der Waals surface area contributed by atoms with Gasteiger partial charge in [0, 0.05) is 28.5 Å². The smallest absolute Gasteiger partial charge is 0.192 e. The first-order chi connectivity index (χ1) is 16.5. The summed E-state index contributed by atoms with van der Waals surface area (Å²) < 4.78 is 13.5. The number of benzene rings is 2. The van der Waals surface area contributed by atoms with Crippen LogP contribution in [-0.4, -0.2) is 34.3 Å². The van der Waals surface area contributed by atoms with Crippen LogP contribution in [0.2, 0.25) is 0 Å². The molecule has 3 aromatic rings. The van der Waals surface area contributed by atoms with Crippen LogP contribution in [-0.2, 0) is 5.75 Å². The fourth-order valence-corrected chi connectivity index (χ4v) is 5.61. The first-order valence-electron chi connectivity index (χ1n) is 12.0. The molecule has 0 unspecified atom stereocenters. The Morgan fingerprint density at radius 3 is 2.56 bits per heavy atom. The van der Waals surface area contributed by atoms with E-state index in [2.05, 4.69) is 21.7 Å². The summed E-state index contributed by atoms with van der Waals surface area (Å²) >= 11 is 1.65. The zero-order valence-corrected chi connectivity index (χ0v) is 21.2. The lowest BCUT2D eigenvalue weighted by atomic mass is 9.85. The van der Waals surface area contributed by atoms with Gasteiger partial charge in [-0.2, -0.15) is 0 Å². The predicted molar refractivity (Wildman–Crippen MR) is 136 cm³/mol. The zero-order chi connectivity index (χ0) is 24.1. The van der Waals surface area contributed by atoms with Gasteiger partial charge in [0.1, 0.15) is 11.5 Å². The average Bonchev–Trinajstić information content (AvgIpc) is 3.27. The maximum Gasteiger partial charge on any atom is 0.192 e. The number of hydrogen-bond acceptors (Lipinski definition) is 6. The summed E-state index contributed by atoms with van der Waals surface area (Å²) in [6.45, 7) is 6.47. The Hall–Kier alpha value is -2.80. The van der Waals surface area contributed by atoms with Gasteiger partial charge in [0.15, 0.2) is 16.8 Å². The molecule has 7 heteroatoms. The van der Waals surface area contributed by atoms with Crippen LogP contribution in [0, 0.1) is 5.92 Å². The van der Waals surface area contributed by atoms with E-state index in [1.54, 1.807) is 25.8 Å². The van der Waals surface area contributed by atoms with Crippen molar-refractivity contribution in [2.75, 3.05) is 13.7 Å². The van der Waals surface area contributed by atoms with Crippen LogP contribution in [0.15, 0.2) is 47.6 Å². The number of ketones is 1. The van der Waals surface area contributed by atoms with E-state index in [1.807, 2.05) is 49.4 Å². The number of thioether (sulfide) groups is 1. The number of carbonyl (C=O) groups is 1. The van der Waals surface area contributed by atoms with Gasteiger partial charge in [0.2, 0.25) is 0 Å². The highest BCUT2D eigenvalue weighted by Gasteiger charge is 2.29. The number of carbonyl (C=O) groups excluding carboxylic acids is 1. The quantitative estimate of drug-likeness (QED) is 0.254. The maximum absolute atomic E-state index is 12.0. The maximum atomic E-state index is 12.0. The van der Waals surface area contributed by atoms with Gasteiger partial charge in [0.05, 0.1) is 13.7 Å². The molecule has 2 atom stereocenters. The van der Waals surface area contributed by atoms with Gasteiger partial charge < -0.3 is 9.47 Å². The molecule has 180 valence electrons. The van der Waals surface area contributed by atoms with E-state index < -0.39 is 0 Å². The standard InChI is InChI=1S/C27H33N3O3S/c1-5-33-25-15-12-21(19(3)31)16-22(25)17-34-27-29-28-26(20-10-13-23(32-4)14-11-20)30(27)24-9-7-6-8-18(24)2/h10-16,18,24H,5-9,17H2,1-4H3/t18-,24-/m0/s1. The molecule has 34 heavy (non-hydrogen) atoms. The number of nitrogens with zero attached hydrogens (tertiary/aromatic N) is 3. The molecule has 1 heterocycles.